The average molecular weight is 325 g/mol. The summed E-state index contributed by atoms with van der Waals surface area (Å²) in [5, 5.41) is 13.3. The molecule has 124 valence electrons. The molecule has 2 aromatic rings. The normalized spacial score (nSPS) is 19.8. The average Bonchev–Trinajstić information content (AvgIpc) is 2.63. The smallest absolute Gasteiger partial charge is 0.252 e. The van der Waals surface area contributed by atoms with Crippen molar-refractivity contribution in [2.45, 2.75) is 25.5 Å². The maximum absolute atomic E-state index is 12.8. The van der Waals surface area contributed by atoms with Crippen LogP contribution in [-0.4, -0.2) is 34.5 Å². The number of aliphatic hydroxyl groups excluding tert-OH is 1. The van der Waals surface area contributed by atoms with E-state index in [2.05, 4.69) is 10.3 Å². The van der Waals surface area contributed by atoms with E-state index in [0.29, 0.717) is 23.4 Å². The van der Waals surface area contributed by atoms with Crippen molar-refractivity contribution >= 4 is 17.5 Å². The minimum absolute atomic E-state index is 0.301. The van der Waals surface area contributed by atoms with Gasteiger partial charge in [0.1, 0.15) is 12.1 Å². The molecule has 6 heteroatoms. The van der Waals surface area contributed by atoms with E-state index in [1.165, 1.54) is 12.4 Å². The third-order valence-electron chi connectivity index (χ3n) is 4.07. The molecule has 0 aliphatic carbocycles. The Morgan fingerprint density at radius 1 is 1.25 bits per heavy atom. The number of pyridine rings is 1. The molecular formula is C18H19N3O3. The lowest BCUT2D eigenvalue weighted by molar-refractivity contribution is -0.123. The van der Waals surface area contributed by atoms with E-state index in [0.717, 1.165) is 6.42 Å². The predicted molar refractivity (Wildman–Crippen MR) is 89.5 cm³/mol. The molecule has 1 aliphatic heterocycles. The Bertz CT molecular complexity index is 748. The minimum atomic E-state index is -1.08. The van der Waals surface area contributed by atoms with Gasteiger partial charge >= 0.3 is 0 Å². The van der Waals surface area contributed by atoms with E-state index in [-0.39, 0.29) is 5.91 Å². The van der Waals surface area contributed by atoms with Gasteiger partial charge in [-0.3, -0.25) is 14.6 Å². The number of nitrogens with zero attached hydrogens (tertiary/aromatic N) is 2. The van der Waals surface area contributed by atoms with Crippen LogP contribution >= 0.6 is 0 Å². The van der Waals surface area contributed by atoms with Gasteiger partial charge in [0, 0.05) is 35.8 Å². The SMILES string of the molecule is CCCN1C(=O)C(NC(=O)c2ccncc2)C(O)c2ccccc21. The molecule has 1 aromatic carbocycles. The summed E-state index contributed by atoms with van der Waals surface area (Å²) in [6.07, 6.45) is 2.72. The second kappa shape index (κ2) is 6.80. The van der Waals surface area contributed by atoms with Crippen LogP contribution in [0, 0.1) is 0 Å². The zero-order valence-electron chi connectivity index (χ0n) is 13.3. The number of carbonyl (C=O) groups is 2. The quantitative estimate of drug-likeness (QED) is 0.896. The van der Waals surface area contributed by atoms with Gasteiger partial charge < -0.3 is 15.3 Å². The minimum Gasteiger partial charge on any atom is -0.386 e. The molecule has 0 bridgehead atoms. The zero-order valence-corrected chi connectivity index (χ0v) is 13.3. The van der Waals surface area contributed by atoms with Gasteiger partial charge in [-0.2, -0.15) is 0 Å². The first kappa shape index (κ1) is 16.1. The third-order valence-corrected chi connectivity index (χ3v) is 4.07. The standard InChI is InChI=1S/C18H19N3O3/c1-2-11-21-14-6-4-3-5-13(14)16(22)15(18(21)24)20-17(23)12-7-9-19-10-8-12/h3-10,15-16,22H,2,11H2,1H3,(H,20,23). The number of aromatic nitrogens is 1. The summed E-state index contributed by atoms with van der Waals surface area (Å²) in [4.78, 5) is 30.6. The van der Waals surface area contributed by atoms with Crippen molar-refractivity contribution in [3.8, 4) is 0 Å². The molecule has 6 nitrogen and oxygen atoms in total. The summed E-state index contributed by atoms with van der Waals surface area (Å²) in [7, 11) is 0. The zero-order chi connectivity index (χ0) is 17.1. The number of nitrogens with one attached hydrogen (secondary N) is 1. The van der Waals surface area contributed by atoms with Crippen molar-refractivity contribution in [2.75, 3.05) is 11.4 Å². The van der Waals surface area contributed by atoms with Gasteiger partial charge in [-0.05, 0) is 24.6 Å². The van der Waals surface area contributed by atoms with Gasteiger partial charge in [-0.25, -0.2) is 0 Å². The van der Waals surface area contributed by atoms with Crippen LogP contribution < -0.4 is 10.2 Å². The van der Waals surface area contributed by atoms with E-state index in [1.54, 1.807) is 23.1 Å². The molecule has 0 fully saturated rings. The topological polar surface area (TPSA) is 82.5 Å². The molecule has 0 saturated heterocycles. The van der Waals surface area contributed by atoms with E-state index in [4.69, 9.17) is 0 Å². The molecule has 0 saturated carbocycles. The molecule has 2 atom stereocenters. The van der Waals surface area contributed by atoms with Crippen molar-refractivity contribution in [3.63, 3.8) is 0 Å². The fraction of sp³-hybridized carbons (Fsp3) is 0.278. The number of anilines is 1. The first-order chi connectivity index (χ1) is 11.6. The second-order valence-electron chi connectivity index (χ2n) is 5.68. The van der Waals surface area contributed by atoms with Gasteiger partial charge in [0.05, 0.1) is 0 Å². The van der Waals surface area contributed by atoms with Gasteiger partial charge in [0.15, 0.2) is 0 Å². The molecular weight excluding hydrogens is 306 g/mol. The number of amides is 2. The van der Waals surface area contributed by atoms with Crippen LogP contribution in [-0.2, 0) is 4.79 Å². The molecule has 1 aliphatic rings. The van der Waals surface area contributed by atoms with Crippen molar-refractivity contribution < 1.29 is 14.7 Å². The molecule has 0 radical (unpaired) electrons. The Hall–Kier alpha value is -2.73. The van der Waals surface area contributed by atoms with E-state index in [9.17, 15) is 14.7 Å². The summed E-state index contributed by atoms with van der Waals surface area (Å²) in [6, 6.07) is 9.35. The number of hydrogen-bond acceptors (Lipinski definition) is 4. The number of para-hydroxylation sites is 1. The summed E-state index contributed by atoms with van der Waals surface area (Å²) in [5.74, 6) is -0.712. The third kappa shape index (κ3) is 2.88. The lowest BCUT2D eigenvalue weighted by Crippen LogP contribution is -2.55. The Morgan fingerprint density at radius 2 is 1.96 bits per heavy atom. The summed E-state index contributed by atoms with van der Waals surface area (Å²) >= 11 is 0. The van der Waals surface area contributed by atoms with Crippen LogP contribution in [0.5, 0.6) is 0 Å². The summed E-state index contributed by atoms with van der Waals surface area (Å²) < 4.78 is 0. The Balaban J connectivity index is 1.91. The van der Waals surface area contributed by atoms with Crippen LogP contribution in [0.4, 0.5) is 5.69 Å². The predicted octanol–water partition coefficient (Wildman–Crippen LogP) is 1.67. The lowest BCUT2D eigenvalue weighted by atomic mass is 9.93. The van der Waals surface area contributed by atoms with Gasteiger partial charge in [0.25, 0.3) is 11.8 Å². The molecule has 2 heterocycles. The van der Waals surface area contributed by atoms with Crippen molar-refractivity contribution in [3.05, 3.63) is 59.9 Å². The number of benzene rings is 1. The number of aliphatic hydroxyl groups is 1. The molecule has 2 N–H and O–H groups in total. The fourth-order valence-electron chi connectivity index (χ4n) is 2.91. The molecule has 24 heavy (non-hydrogen) atoms. The highest BCUT2D eigenvalue weighted by atomic mass is 16.3. The monoisotopic (exact) mass is 325 g/mol. The van der Waals surface area contributed by atoms with E-state index in [1.807, 2.05) is 25.1 Å². The molecule has 2 unspecified atom stereocenters. The van der Waals surface area contributed by atoms with Crippen molar-refractivity contribution in [1.29, 1.82) is 0 Å². The van der Waals surface area contributed by atoms with Crippen LogP contribution in [0.2, 0.25) is 0 Å². The Labute approximate surface area is 140 Å². The summed E-state index contributed by atoms with van der Waals surface area (Å²) in [5.41, 5.74) is 1.74. The van der Waals surface area contributed by atoms with Gasteiger partial charge in [0.2, 0.25) is 0 Å². The molecule has 1 aromatic heterocycles. The number of hydrogen-bond donors (Lipinski definition) is 2. The van der Waals surface area contributed by atoms with Crippen LogP contribution in [0.1, 0.15) is 35.4 Å². The number of fused-ring (bicyclic) bond motifs is 1. The first-order valence-corrected chi connectivity index (χ1v) is 7.92. The highest BCUT2D eigenvalue weighted by Crippen LogP contribution is 2.34. The van der Waals surface area contributed by atoms with Crippen LogP contribution in [0.3, 0.4) is 0 Å². The van der Waals surface area contributed by atoms with Gasteiger partial charge in [-0.15, -0.1) is 0 Å². The molecule has 3 rings (SSSR count). The summed E-state index contributed by atoms with van der Waals surface area (Å²) in [6.45, 7) is 2.51. The first-order valence-electron chi connectivity index (χ1n) is 7.92. The highest BCUT2D eigenvalue weighted by molar-refractivity contribution is 6.04. The number of rotatable bonds is 4. The van der Waals surface area contributed by atoms with Crippen molar-refractivity contribution in [2.24, 2.45) is 0 Å². The van der Waals surface area contributed by atoms with Crippen LogP contribution in [0.25, 0.3) is 0 Å². The molecule has 2 amide bonds. The lowest BCUT2D eigenvalue weighted by Gasteiger charge is -2.37. The second-order valence-corrected chi connectivity index (χ2v) is 5.68. The van der Waals surface area contributed by atoms with Crippen LogP contribution in [0.15, 0.2) is 48.8 Å². The van der Waals surface area contributed by atoms with E-state index >= 15 is 0 Å². The molecule has 0 spiro atoms. The Morgan fingerprint density at radius 3 is 2.67 bits per heavy atom. The fourth-order valence-corrected chi connectivity index (χ4v) is 2.91. The Kier molecular flexibility index (Phi) is 4.57. The maximum Gasteiger partial charge on any atom is 0.252 e. The van der Waals surface area contributed by atoms with Crippen molar-refractivity contribution in [1.82, 2.24) is 10.3 Å². The van der Waals surface area contributed by atoms with E-state index < -0.39 is 18.1 Å². The van der Waals surface area contributed by atoms with Gasteiger partial charge in [-0.1, -0.05) is 25.1 Å². The number of carbonyl (C=O) groups excluding carboxylic acids is 2. The largest absolute Gasteiger partial charge is 0.386 e. The highest BCUT2D eigenvalue weighted by Gasteiger charge is 2.40. The maximum atomic E-state index is 12.8.